The van der Waals surface area contributed by atoms with Crippen LogP contribution >= 0.6 is 0 Å². The van der Waals surface area contributed by atoms with E-state index in [9.17, 15) is 9.59 Å². The van der Waals surface area contributed by atoms with Gasteiger partial charge in [0, 0.05) is 24.1 Å². The lowest BCUT2D eigenvalue weighted by atomic mass is 10.0. The van der Waals surface area contributed by atoms with Crippen LogP contribution in [0.3, 0.4) is 0 Å². The summed E-state index contributed by atoms with van der Waals surface area (Å²) < 4.78 is 6.09. The molecule has 0 aliphatic carbocycles. The van der Waals surface area contributed by atoms with E-state index >= 15 is 0 Å². The standard InChI is InChI=1S/C30H29N3O3/c1-21-12-13-22(2)27(18-21)32-29(34)16-17-30(35)33-31-19-26-25-11-7-6-10-24(25)14-15-28(26)36-20-23-8-4-3-5-9-23/h3-15,18-19H,16-17,20H2,1-2H3,(H,32,34)(H,33,35). The summed E-state index contributed by atoms with van der Waals surface area (Å²) in [6.07, 6.45) is 1.69. The largest absolute Gasteiger partial charge is 0.488 e. The van der Waals surface area contributed by atoms with Crippen molar-refractivity contribution in [3.63, 3.8) is 0 Å². The molecule has 0 aliphatic rings. The number of anilines is 1. The van der Waals surface area contributed by atoms with Crippen LogP contribution in [0.4, 0.5) is 5.69 Å². The summed E-state index contributed by atoms with van der Waals surface area (Å²) in [5.41, 5.74) is 7.16. The monoisotopic (exact) mass is 479 g/mol. The van der Waals surface area contributed by atoms with Crippen LogP contribution in [0.25, 0.3) is 10.8 Å². The number of hydrazone groups is 1. The van der Waals surface area contributed by atoms with Gasteiger partial charge in [-0.25, -0.2) is 5.43 Å². The lowest BCUT2D eigenvalue weighted by Crippen LogP contribution is -2.21. The molecule has 4 aromatic rings. The lowest BCUT2D eigenvalue weighted by molar-refractivity contribution is -0.124. The normalized spacial score (nSPS) is 10.9. The molecule has 0 radical (unpaired) electrons. The molecule has 0 unspecified atom stereocenters. The van der Waals surface area contributed by atoms with Crippen molar-refractivity contribution in [2.75, 3.05) is 5.32 Å². The summed E-state index contributed by atoms with van der Waals surface area (Å²) in [7, 11) is 0. The van der Waals surface area contributed by atoms with Crippen LogP contribution in [0.2, 0.25) is 0 Å². The SMILES string of the molecule is Cc1ccc(C)c(NC(=O)CCC(=O)NN=Cc2c(OCc3ccccc3)ccc3ccccc23)c1. The van der Waals surface area contributed by atoms with E-state index in [-0.39, 0.29) is 24.7 Å². The van der Waals surface area contributed by atoms with Crippen LogP contribution in [0.1, 0.15) is 35.1 Å². The van der Waals surface area contributed by atoms with Crippen molar-refractivity contribution in [1.82, 2.24) is 5.43 Å². The number of carbonyl (C=O) groups excluding carboxylic acids is 2. The van der Waals surface area contributed by atoms with Crippen molar-refractivity contribution in [3.8, 4) is 5.75 Å². The smallest absolute Gasteiger partial charge is 0.240 e. The fraction of sp³-hybridized carbons (Fsp3) is 0.167. The molecule has 0 aliphatic heterocycles. The number of aryl methyl sites for hydroxylation is 2. The van der Waals surface area contributed by atoms with E-state index in [2.05, 4.69) is 15.8 Å². The zero-order valence-electron chi connectivity index (χ0n) is 20.5. The lowest BCUT2D eigenvalue weighted by Gasteiger charge is -2.12. The average molecular weight is 480 g/mol. The van der Waals surface area contributed by atoms with E-state index in [4.69, 9.17) is 4.74 Å². The number of ether oxygens (including phenoxy) is 1. The van der Waals surface area contributed by atoms with Crippen molar-refractivity contribution in [2.24, 2.45) is 5.10 Å². The van der Waals surface area contributed by atoms with E-state index < -0.39 is 0 Å². The Morgan fingerprint density at radius 1 is 0.861 bits per heavy atom. The van der Waals surface area contributed by atoms with Crippen LogP contribution in [-0.4, -0.2) is 18.0 Å². The Balaban J connectivity index is 1.38. The minimum atomic E-state index is -0.339. The van der Waals surface area contributed by atoms with Crippen LogP contribution in [0.15, 0.2) is 90.0 Å². The topological polar surface area (TPSA) is 79.8 Å². The summed E-state index contributed by atoms with van der Waals surface area (Å²) in [4.78, 5) is 24.6. The van der Waals surface area contributed by atoms with Crippen LogP contribution in [0.5, 0.6) is 5.75 Å². The fourth-order valence-corrected chi connectivity index (χ4v) is 3.80. The molecule has 2 amide bonds. The Morgan fingerprint density at radius 3 is 2.44 bits per heavy atom. The number of fused-ring (bicyclic) bond motifs is 1. The maximum atomic E-state index is 12.3. The first-order chi connectivity index (χ1) is 17.5. The average Bonchev–Trinajstić information content (AvgIpc) is 2.89. The zero-order valence-corrected chi connectivity index (χ0v) is 20.5. The number of benzene rings is 4. The third-order valence-corrected chi connectivity index (χ3v) is 5.80. The van der Waals surface area contributed by atoms with E-state index in [1.807, 2.05) is 98.8 Å². The summed E-state index contributed by atoms with van der Waals surface area (Å²) in [6.45, 7) is 4.32. The number of hydrogen-bond donors (Lipinski definition) is 2. The minimum Gasteiger partial charge on any atom is -0.488 e. The van der Waals surface area contributed by atoms with Gasteiger partial charge in [-0.3, -0.25) is 9.59 Å². The van der Waals surface area contributed by atoms with Crippen LogP contribution < -0.4 is 15.5 Å². The number of rotatable bonds is 9. The van der Waals surface area contributed by atoms with E-state index in [0.29, 0.717) is 12.4 Å². The predicted octanol–water partition coefficient (Wildman–Crippen LogP) is 5.90. The Morgan fingerprint density at radius 2 is 1.61 bits per heavy atom. The van der Waals surface area contributed by atoms with Crippen molar-refractivity contribution in [1.29, 1.82) is 0 Å². The maximum Gasteiger partial charge on any atom is 0.240 e. The highest BCUT2D eigenvalue weighted by Crippen LogP contribution is 2.27. The van der Waals surface area contributed by atoms with E-state index in [1.165, 1.54) is 0 Å². The second kappa shape index (κ2) is 11.8. The number of nitrogens with zero attached hydrogens (tertiary/aromatic N) is 1. The van der Waals surface area contributed by atoms with Gasteiger partial charge in [-0.2, -0.15) is 5.10 Å². The van der Waals surface area contributed by atoms with Crippen molar-refractivity contribution in [3.05, 3.63) is 107 Å². The highest BCUT2D eigenvalue weighted by molar-refractivity contribution is 6.02. The molecular formula is C30H29N3O3. The molecule has 0 saturated heterocycles. The zero-order chi connectivity index (χ0) is 25.3. The van der Waals surface area contributed by atoms with Gasteiger partial charge in [0.1, 0.15) is 12.4 Å². The van der Waals surface area contributed by atoms with Crippen molar-refractivity contribution < 1.29 is 14.3 Å². The van der Waals surface area contributed by atoms with E-state index in [0.717, 1.165) is 38.7 Å². The molecule has 0 aromatic heterocycles. The first-order valence-corrected chi connectivity index (χ1v) is 11.9. The summed E-state index contributed by atoms with van der Waals surface area (Å²) in [5, 5.41) is 9.04. The maximum absolute atomic E-state index is 12.3. The van der Waals surface area contributed by atoms with Gasteiger partial charge >= 0.3 is 0 Å². The number of nitrogens with one attached hydrogen (secondary N) is 2. The fourth-order valence-electron chi connectivity index (χ4n) is 3.80. The molecule has 36 heavy (non-hydrogen) atoms. The number of carbonyl (C=O) groups is 2. The molecule has 4 rings (SSSR count). The van der Waals surface area contributed by atoms with Crippen LogP contribution in [0, 0.1) is 13.8 Å². The summed E-state index contributed by atoms with van der Waals surface area (Å²) in [6, 6.07) is 27.6. The Hall–Kier alpha value is -4.45. The van der Waals surface area contributed by atoms with Gasteiger partial charge in [-0.1, -0.05) is 72.8 Å². The Kier molecular flexibility index (Phi) is 8.08. The van der Waals surface area contributed by atoms with Gasteiger partial charge in [0.15, 0.2) is 0 Å². The molecule has 0 bridgehead atoms. The molecule has 0 fully saturated rings. The highest BCUT2D eigenvalue weighted by atomic mass is 16.5. The molecule has 0 saturated carbocycles. The second-order valence-corrected chi connectivity index (χ2v) is 8.63. The van der Waals surface area contributed by atoms with Gasteiger partial charge in [0.25, 0.3) is 0 Å². The number of hydrogen-bond acceptors (Lipinski definition) is 4. The van der Waals surface area contributed by atoms with Crippen molar-refractivity contribution in [2.45, 2.75) is 33.3 Å². The summed E-state index contributed by atoms with van der Waals surface area (Å²) in [5.74, 6) is 0.117. The minimum absolute atomic E-state index is 0.0287. The molecule has 6 heteroatoms. The first kappa shape index (κ1) is 24.7. The van der Waals surface area contributed by atoms with E-state index in [1.54, 1.807) is 6.21 Å². The van der Waals surface area contributed by atoms with Gasteiger partial charge in [0.2, 0.25) is 11.8 Å². The first-order valence-electron chi connectivity index (χ1n) is 11.9. The summed E-state index contributed by atoms with van der Waals surface area (Å²) >= 11 is 0. The Bertz CT molecular complexity index is 1400. The van der Waals surface area contributed by atoms with Gasteiger partial charge in [0.05, 0.1) is 6.21 Å². The third-order valence-electron chi connectivity index (χ3n) is 5.80. The van der Waals surface area contributed by atoms with Gasteiger partial charge in [-0.05, 0) is 53.4 Å². The molecule has 0 atom stereocenters. The molecule has 0 heterocycles. The van der Waals surface area contributed by atoms with Crippen LogP contribution in [-0.2, 0) is 16.2 Å². The van der Waals surface area contributed by atoms with Gasteiger partial charge in [-0.15, -0.1) is 0 Å². The second-order valence-electron chi connectivity index (χ2n) is 8.63. The molecular weight excluding hydrogens is 450 g/mol. The number of amides is 2. The quantitative estimate of drug-likeness (QED) is 0.232. The Labute approximate surface area is 211 Å². The third kappa shape index (κ3) is 6.57. The van der Waals surface area contributed by atoms with Gasteiger partial charge < -0.3 is 10.1 Å². The molecule has 2 N–H and O–H groups in total. The van der Waals surface area contributed by atoms with Crippen molar-refractivity contribution >= 4 is 34.5 Å². The molecule has 4 aromatic carbocycles. The predicted molar refractivity (Wildman–Crippen MR) is 144 cm³/mol. The molecule has 182 valence electrons. The molecule has 6 nitrogen and oxygen atoms in total. The molecule has 0 spiro atoms. The highest BCUT2D eigenvalue weighted by Gasteiger charge is 2.10.